The van der Waals surface area contributed by atoms with Crippen LogP contribution in [0.1, 0.15) is 44.4 Å². The van der Waals surface area contributed by atoms with Crippen LogP contribution in [0.25, 0.3) is 0 Å². The van der Waals surface area contributed by atoms with Gasteiger partial charge in [0.25, 0.3) is 5.91 Å². The molecular formula is C27H23NO7. The number of anilines is 1. The first kappa shape index (κ1) is 22.5. The first-order chi connectivity index (χ1) is 17.1. The summed E-state index contributed by atoms with van der Waals surface area (Å²) >= 11 is 0. The molecule has 3 aromatic rings. The van der Waals surface area contributed by atoms with Crippen LogP contribution in [-0.4, -0.2) is 37.7 Å². The number of hydrogen-bond acceptors (Lipinski definition) is 7. The van der Waals surface area contributed by atoms with Crippen LogP contribution in [0.2, 0.25) is 0 Å². The number of esters is 2. The molecule has 1 amide bonds. The molecule has 1 unspecified atom stereocenters. The molecule has 1 atom stereocenters. The fourth-order valence-corrected chi connectivity index (χ4v) is 4.03. The van der Waals surface area contributed by atoms with Gasteiger partial charge < -0.3 is 24.3 Å². The third-order valence-electron chi connectivity index (χ3n) is 5.75. The van der Waals surface area contributed by atoms with E-state index in [1.165, 1.54) is 6.07 Å². The second-order valence-electron chi connectivity index (χ2n) is 8.22. The minimum atomic E-state index is -0.656. The Bertz CT molecular complexity index is 1270. The van der Waals surface area contributed by atoms with Crippen molar-refractivity contribution in [2.45, 2.75) is 18.9 Å². The van der Waals surface area contributed by atoms with E-state index < -0.39 is 30.6 Å². The number of cyclic esters (lactones) is 1. The second-order valence-corrected chi connectivity index (χ2v) is 8.22. The first-order valence-corrected chi connectivity index (χ1v) is 11.3. The summed E-state index contributed by atoms with van der Waals surface area (Å²) in [5.41, 5.74) is 2.76. The molecule has 2 aliphatic heterocycles. The molecule has 3 aromatic carbocycles. The quantitative estimate of drug-likeness (QED) is 0.557. The Morgan fingerprint density at radius 3 is 2.57 bits per heavy atom. The zero-order chi connectivity index (χ0) is 24.2. The lowest BCUT2D eigenvalue weighted by atomic mass is 9.93. The Hall–Kier alpha value is -4.33. The molecule has 0 saturated carbocycles. The Labute approximate surface area is 201 Å². The average molecular weight is 473 g/mol. The van der Waals surface area contributed by atoms with Crippen molar-refractivity contribution in [1.82, 2.24) is 0 Å². The average Bonchev–Trinajstić information content (AvgIpc) is 3.12. The van der Waals surface area contributed by atoms with Crippen LogP contribution < -0.4 is 14.8 Å². The normalized spacial score (nSPS) is 16.3. The number of amides is 1. The zero-order valence-electron chi connectivity index (χ0n) is 18.8. The summed E-state index contributed by atoms with van der Waals surface area (Å²) in [6.45, 7) is 0.650. The van der Waals surface area contributed by atoms with Crippen LogP contribution in [0.4, 0.5) is 5.69 Å². The maximum absolute atomic E-state index is 12.6. The van der Waals surface area contributed by atoms with E-state index in [0.29, 0.717) is 47.9 Å². The fraction of sp³-hybridized carbons (Fsp3) is 0.222. The Balaban J connectivity index is 1.21. The van der Waals surface area contributed by atoms with Gasteiger partial charge in [0.1, 0.15) is 6.10 Å². The number of carbonyl (C=O) groups is 3. The highest BCUT2D eigenvalue weighted by Crippen LogP contribution is 2.33. The highest BCUT2D eigenvalue weighted by molar-refractivity contribution is 5.97. The molecule has 178 valence electrons. The summed E-state index contributed by atoms with van der Waals surface area (Å²) in [5, 5.41) is 2.69. The molecule has 0 radical (unpaired) electrons. The van der Waals surface area contributed by atoms with Crippen molar-refractivity contribution in [2.24, 2.45) is 0 Å². The first-order valence-electron chi connectivity index (χ1n) is 11.3. The highest BCUT2D eigenvalue weighted by Gasteiger charge is 2.28. The van der Waals surface area contributed by atoms with Crippen molar-refractivity contribution in [1.29, 1.82) is 0 Å². The number of rotatable bonds is 5. The van der Waals surface area contributed by atoms with Crippen LogP contribution in [0.3, 0.4) is 0 Å². The number of benzene rings is 3. The number of nitrogens with one attached hydrogen (secondary N) is 1. The van der Waals surface area contributed by atoms with Gasteiger partial charge in [0.15, 0.2) is 18.1 Å². The summed E-state index contributed by atoms with van der Waals surface area (Å²) < 4.78 is 22.0. The topological polar surface area (TPSA) is 100 Å². The molecule has 8 nitrogen and oxygen atoms in total. The predicted molar refractivity (Wildman–Crippen MR) is 126 cm³/mol. The molecule has 1 N–H and O–H groups in total. The van der Waals surface area contributed by atoms with Gasteiger partial charge >= 0.3 is 11.9 Å². The van der Waals surface area contributed by atoms with E-state index in [-0.39, 0.29) is 5.56 Å². The van der Waals surface area contributed by atoms with Gasteiger partial charge in [-0.1, -0.05) is 30.3 Å². The molecular weight excluding hydrogens is 450 g/mol. The summed E-state index contributed by atoms with van der Waals surface area (Å²) in [6, 6.07) is 19.2. The van der Waals surface area contributed by atoms with E-state index in [1.807, 2.05) is 30.3 Å². The van der Waals surface area contributed by atoms with Crippen molar-refractivity contribution < 1.29 is 33.3 Å². The summed E-state index contributed by atoms with van der Waals surface area (Å²) in [6.07, 6.45) is 0.795. The van der Waals surface area contributed by atoms with Gasteiger partial charge in [-0.05, 0) is 41.5 Å². The third-order valence-corrected chi connectivity index (χ3v) is 5.75. The SMILES string of the molecule is O=C(COC(=O)c1ccc2c(c1)CC(c1ccccc1)OC2=O)Nc1ccc2c(c1)OCCCO2. The molecule has 0 aromatic heterocycles. The van der Waals surface area contributed by atoms with Gasteiger partial charge in [0, 0.05) is 24.6 Å². The highest BCUT2D eigenvalue weighted by atomic mass is 16.5. The third kappa shape index (κ3) is 5.11. The fourth-order valence-electron chi connectivity index (χ4n) is 4.03. The van der Waals surface area contributed by atoms with Gasteiger partial charge in [-0.2, -0.15) is 0 Å². The summed E-state index contributed by atoms with van der Waals surface area (Å²) in [7, 11) is 0. The summed E-state index contributed by atoms with van der Waals surface area (Å²) in [4.78, 5) is 37.4. The van der Waals surface area contributed by atoms with E-state index in [4.69, 9.17) is 18.9 Å². The Kier molecular flexibility index (Phi) is 6.34. The van der Waals surface area contributed by atoms with Crippen molar-refractivity contribution >= 4 is 23.5 Å². The lowest BCUT2D eigenvalue weighted by Crippen LogP contribution is -2.23. The van der Waals surface area contributed by atoms with Gasteiger partial charge in [-0.15, -0.1) is 0 Å². The van der Waals surface area contributed by atoms with Crippen LogP contribution >= 0.6 is 0 Å². The van der Waals surface area contributed by atoms with E-state index in [1.54, 1.807) is 30.3 Å². The van der Waals surface area contributed by atoms with Crippen molar-refractivity contribution in [3.05, 3.63) is 89.0 Å². The molecule has 8 heteroatoms. The lowest BCUT2D eigenvalue weighted by molar-refractivity contribution is -0.119. The van der Waals surface area contributed by atoms with E-state index in [9.17, 15) is 14.4 Å². The molecule has 2 heterocycles. The number of ether oxygens (including phenoxy) is 4. The maximum atomic E-state index is 12.6. The second kappa shape index (κ2) is 9.89. The lowest BCUT2D eigenvalue weighted by Gasteiger charge is -2.25. The number of hydrogen-bond donors (Lipinski definition) is 1. The van der Waals surface area contributed by atoms with Crippen LogP contribution in [0.5, 0.6) is 11.5 Å². The van der Waals surface area contributed by atoms with E-state index in [0.717, 1.165) is 12.0 Å². The minimum Gasteiger partial charge on any atom is -0.490 e. The molecule has 0 saturated heterocycles. The molecule has 0 spiro atoms. The number of carbonyl (C=O) groups excluding carboxylic acids is 3. The van der Waals surface area contributed by atoms with Crippen LogP contribution in [-0.2, 0) is 20.7 Å². The van der Waals surface area contributed by atoms with Crippen LogP contribution in [0, 0.1) is 0 Å². The maximum Gasteiger partial charge on any atom is 0.339 e. The van der Waals surface area contributed by atoms with E-state index >= 15 is 0 Å². The molecule has 0 aliphatic carbocycles. The molecule has 35 heavy (non-hydrogen) atoms. The van der Waals surface area contributed by atoms with Crippen LogP contribution in [0.15, 0.2) is 66.7 Å². The van der Waals surface area contributed by atoms with Gasteiger partial charge in [0.2, 0.25) is 0 Å². The van der Waals surface area contributed by atoms with E-state index in [2.05, 4.69) is 5.32 Å². The smallest absolute Gasteiger partial charge is 0.339 e. The predicted octanol–water partition coefficient (Wildman–Crippen LogP) is 4.10. The van der Waals surface area contributed by atoms with Gasteiger partial charge in [-0.3, -0.25) is 4.79 Å². The minimum absolute atomic E-state index is 0.258. The standard InChI is InChI=1S/C27H23NO7/c29-25(28-20-8-10-22-24(15-20)33-12-4-11-32-22)16-34-26(30)18-7-9-21-19(13-18)14-23(35-27(21)31)17-5-2-1-3-6-17/h1-3,5-10,13,15,23H,4,11-12,14,16H2,(H,28,29). The largest absolute Gasteiger partial charge is 0.490 e. The van der Waals surface area contributed by atoms with Crippen molar-refractivity contribution in [2.75, 3.05) is 25.1 Å². The van der Waals surface area contributed by atoms with Crippen molar-refractivity contribution in [3.8, 4) is 11.5 Å². The zero-order valence-corrected chi connectivity index (χ0v) is 18.8. The molecule has 5 rings (SSSR count). The van der Waals surface area contributed by atoms with Gasteiger partial charge in [0.05, 0.1) is 24.3 Å². The summed E-state index contributed by atoms with van der Waals surface area (Å²) in [5.74, 6) is -0.402. The number of fused-ring (bicyclic) bond motifs is 2. The van der Waals surface area contributed by atoms with Crippen molar-refractivity contribution in [3.63, 3.8) is 0 Å². The van der Waals surface area contributed by atoms with Gasteiger partial charge in [-0.25, -0.2) is 9.59 Å². The Morgan fingerprint density at radius 1 is 0.943 bits per heavy atom. The molecule has 0 fully saturated rings. The monoisotopic (exact) mass is 473 g/mol. The molecule has 0 bridgehead atoms. The molecule has 2 aliphatic rings. The Morgan fingerprint density at radius 2 is 1.74 bits per heavy atom.